The van der Waals surface area contributed by atoms with Crippen LogP contribution in [0.1, 0.15) is 40.5 Å². The average Bonchev–Trinajstić information content (AvgIpc) is 2.92. The molecule has 0 bridgehead atoms. The highest BCUT2D eigenvalue weighted by Crippen LogP contribution is 2.44. The maximum atomic E-state index is 14.4. The highest BCUT2D eigenvalue weighted by molar-refractivity contribution is 7.94. The van der Waals surface area contributed by atoms with Crippen LogP contribution >= 0.6 is 11.6 Å². The Hall–Kier alpha value is -3.40. The predicted octanol–water partition coefficient (Wildman–Crippen LogP) is 4.34. The number of ether oxygens (including phenoxy) is 3. The normalized spacial score (nSPS) is 22.3. The molecule has 1 fully saturated rings. The first-order valence-electron chi connectivity index (χ1n) is 12.0. The molecule has 4 rings (SSSR count). The van der Waals surface area contributed by atoms with Crippen molar-refractivity contribution in [1.29, 1.82) is 0 Å². The van der Waals surface area contributed by atoms with Crippen LogP contribution in [0.4, 0.5) is 0 Å². The first-order valence-corrected chi connectivity index (χ1v) is 13.9. The predicted molar refractivity (Wildman–Crippen MR) is 144 cm³/mol. The molecular weight excluding hydrogens is 530 g/mol. The Morgan fingerprint density at radius 3 is 1.82 bits per heavy atom. The van der Waals surface area contributed by atoms with Crippen LogP contribution in [0.5, 0.6) is 11.5 Å². The summed E-state index contributed by atoms with van der Waals surface area (Å²) in [7, 11) is -1.60. The number of carbonyl (C=O) groups excluding carboxylic acids is 2. The zero-order chi connectivity index (χ0) is 27.4. The summed E-state index contributed by atoms with van der Waals surface area (Å²) in [5, 5.41) is 0.319. The highest BCUT2D eigenvalue weighted by atomic mass is 35.5. The molecule has 1 N–H and O–H groups in total. The number of carbonyl (C=O) groups is 2. The van der Waals surface area contributed by atoms with E-state index in [4.69, 9.17) is 25.8 Å². The van der Waals surface area contributed by atoms with Gasteiger partial charge >= 0.3 is 5.97 Å². The number of nitrogens with one attached hydrogen (secondary N) is 1. The van der Waals surface area contributed by atoms with Crippen molar-refractivity contribution in [2.75, 3.05) is 20.8 Å². The fourth-order valence-corrected chi connectivity index (χ4v) is 7.25. The summed E-state index contributed by atoms with van der Waals surface area (Å²) < 4.78 is 45.1. The van der Waals surface area contributed by atoms with Crippen molar-refractivity contribution in [3.63, 3.8) is 0 Å². The zero-order valence-corrected chi connectivity index (χ0v) is 22.7. The average molecular weight is 558 g/mol. The molecule has 1 aliphatic heterocycles. The van der Waals surface area contributed by atoms with Gasteiger partial charge in [0.25, 0.3) is 0 Å². The summed E-state index contributed by atoms with van der Waals surface area (Å²) in [6.45, 7) is 1.56. The van der Waals surface area contributed by atoms with Crippen molar-refractivity contribution < 1.29 is 32.2 Å². The van der Waals surface area contributed by atoms with Gasteiger partial charge in [-0.3, -0.25) is 14.9 Å². The summed E-state index contributed by atoms with van der Waals surface area (Å²) >= 11 is 6.01. The minimum absolute atomic E-state index is 0.0325. The van der Waals surface area contributed by atoms with Crippen LogP contribution in [0.2, 0.25) is 5.02 Å². The fourth-order valence-electron chi connectivity index (χ4n) is 4.83. The lowest BCUT2D eigenvalue weighted by Crippen LogP contribution is -2.59. The van der Waals surface area contributed by atoms with E-state index in [9.17, 15) is 18.0 Å². The number of para-hydroxylation sites is 2. The molecule has 1 aliphatic rings. The van der Waals surface area contributed by atoms with E-state index >= 15 is 0 Å². The smallest absolute Gasteiger partial charge is 0.326 e. The molecule has 8 nitrogen and oxygen atoms in total. The minimum Gasteiger partial charge on any atom is -0.496 e. The van der Waals surface area contributed by atoms with Gasteiger partial charge in [-0.05, 0) is 43.3 Å². The van der Waals surface area contributed by atoms with Gasteiger partial charge in [-0.25, -0.2) is 8.42 Å². The lowest BCUT2D eigenvalue weighted by Gasteiger charge is -2.41. The highest BCUT2D eigenvalue weighted by Gasteiger charge is 2.57. The molecule has 200 valence electrons. The summed E-state index contributed by atoms with van der Waals surface area (Å²) in [5.41, 5.74) is 1.03. The molecule has 3 aromatic carbocycles. The summed E-state index contributed by atoms with van der Waals surface area (Å²) in [6.07, 6.45) is 0. The lowest BCUT2D eigenvalue weighted by atomic mass is 9.92. The second kappa shape index (κ2) is 11.6. The van der Waals surface area contributed by atoms with Crippen molar-refractivity contribution in [1.82, 2.24) is 5.32 Å². The Kier molecular flexibility index (Phi) is 8.40. The lowest BCUT2D eigenvalue weighted by molar-refractivity contribution is -0.143. The number of benzene rings is 3. The fraction of sp³-hybridized carbons (Fsp3) is 0.286. The van der Waals surface area contributed by atoms with E-state index in [-0.39, 0.29) is 12.2 Å². The number of halogens is 1. The van der Waals surface area contributed by atoms with Crippen LogP contribution in [0, 0.1) is 0 Å². The number of methoxy groups -OCH3 is 2. The topological polar surface area (TPSA) is 108 Å². The molecule has 0 radical (unpaired) electrons. The number of hydrogen-bond donors (Lipinski definition) is 1. The molecule has 4 unspecified atom stereocenters. The van der Waals surface area contributed by atoms with E-state index in [1.54, 1.807) is 55.5 Å². The summed E-state index contributed by atoms with van der Waals surface area (Å²) in [4.78, 5) is 27.2. The molecule has 0 aliphatic carbocycles. The van der Waals surface area contributed by atoms with Gasteiger partial charge < -0.3 is 14.2 Å². The molecule has 1 saturated heterocycles. The van der Waals surface area contributed by atoms with Gasteiger partial charge in [-0.15, -0.1) is 0 Å². The molecule has 10 heteroatoms. The standard InChI is InChI=1S/C28H28ClNO7S/c1-4-37-28(32)27-24(20-10-6-8-12-22(20)36-3)30-23(19-9-5-7-11-21(19)35-2)26(38(27,33)34)25(31)17-13-15-18(29)16-14-17/h5-16,23-24,26-27,30H,4H2,1-3H3. The van der Waals surface area contributed by atoms with Crippen LogP contribution in [0.15, 0.2) is 72.8 Å². The Balaban J connectivity index is 1.97. The van der Waals surface area contributed by atoms with Gasteiger partial charge in [0.05, 0.1) is 32.9 Å². The van der Waals surface area contributed by atoms with E-state index in [2.05, 4.69) is 5.32 Å². The molecule has 1 heterocycles. The van der Waals surface area contributed by atoms with Crippen molar-refractivity contribution in [3.05, 3.63) is 94.5 Å². The number of hydrogen-bond acceptors (Lipinski definition) is 8. The van der Waals surface area contributed by atoms with Gasteiger partial charge in [0.15, 0.2) is 20.9 Å². The summed E-state index contributed by atoms with van der Waals surface area (Å²) in [6, 6.07) is 17.5. The maximum Gasteiger partial charge on any atom is 0.326 e. The van der Waals surface area contributed by atoms with Crippen LogP contribution in [0.3, 0.4) is 0 Å². The molecule has 0 aromatic heterocycles. The van der Waals surface area contributed by atoms with Crippen molar-refractivity contribution in [2.45, 2.75) is 29.5 Å². The zero-order valence-electron chi connectivity index (χ0n) is 21.1. The number of esters is 1. The monoisotopic (exact) mass is 557 g/mol. The Morgan fingerprint density at radius 1 is 0.816 bits per heavy atom. The Bertz CT molecular complexity index is 1430. The molecule has 3 aromatic rings. The van der Waals surface area contributed by atoms with Gasteiger partial charge in [-0.1, -0.05) is 48.0 Å². The minimum atomic E-state index is -4.52. The first kappa shape index (κ1) is 27.6. The van der Waals surface area contributed by atoms with Crippen molar-refractivity contribution >= 4 is 33.2 Å². The van der Waals surface area contributed by atoms with Crippen LogP contribution in [-0.2, 0) is 19.4 Å². The van der Waals surface area contributed by atoms with Crippen molar-refractivity contribution in [3.8, 4) is 11.5 Å². The molecule has 0 saturated carbocycles. The van der Waals surface area contributed by atoms with E-state index in [1.807, 2.05) is 0 Å². The Labute approximate surface area is 226 Å². The summed E-state index contributed by atoms with van der Waals surface area (Å²) in [5.74, 6) is -0.862. The SMILES string of the molecule is CCOC(=O)C1C(c2ccccc2OC)NC(c2ccccc2OC)C(C(=O)c2ccc(Cl)cc2)S1(=O)=O. The Morgan fingerprint density at radius 2 is 1.32 bits per heavy atom. The third-order valence-electron chi connectivity index (χ3n) is 6.53. The molecule has 38 heavy (non-hydrogen) atoms. The van der Waals surface area contributed by atoms with E-state index < -0.39 is 44.2 Å². The molecule has 0 amide bonds. The van der Waals surface area contributed by atoms with Gasteiger partial charge in [0.1, 0.15) is 16.7 Å². The van der Waals surface area contributed by atoms with Crippen LogP contribution < -0.4 is 14.8 Å². The van der Waals surface area contributed by atoms with Crippen LogP contribution in [-0.4, -0.2) is 51.5 Å². The van der Waals surface area contributed by atoms with Crippen LogP contribution in [0.25, 0.3) is 0 Å². The van der Waals surface area contributed by atoms with E-state index in [0.29, 0.717) is 27.6 Å². The third kappa shape index (κ3) is 5.14. The van der Waals surface area contributed by atoms with Gasteiger partial charge in [-0.2, -0.15) is 0 Å². The number of rotatable bonds is 8. The van der Waals surface area contributed by atoms with Gasteiger partial charge in [0, 0.05) is 21.7 Å². The number of sulfone groups is 1. The molecule has 4 atom stereocenters. The molecular formula is C28H28ClNO7S. The van der Waals surface area contributed by atoms with Gasteiger partial charge in [0.2, 0.25) is 0 Å². The number of ketones is 1. The quantitative estimate of drug-likeness (QED) is 0.322. The maximum absolute atomic E-state index is 14.4. The largest absolute Gasteiger partial charge is 0.496 e. The molecule has 0 spiro atoms. The van der Waals surface area contributed by atoms with E-state index in [0.717, 1.165) is 0 Å². The second-order valence-electron chi connectivity index (χ2n) is 8.66. The van der Waals surface area contributed by atoms with Crippen molar-refractivity contribution in [2.24, 2.45) is 0 Å². The number of Topliss-reactive ketones (excluding diaryl/α,β-unsaturated/α-hetero) is 1. The first-order chi connectivity index (χ1) is 18.2. The van der Waals surface area contributed by atoms with E-state index in [1.165, 1.54) is 38.5 Å². The third-order valence-corrected chi connectivity index (χ3v) is 9.15. The second-order valence-corrected chi connectivity index (χ2v) is 11.3.